The van der Waals surface area contributed by atoms with Gasteiger partial charge in [0.25, 0.3) is 0 Å². The summed E-state index contributed by atoms with van der Waals surface area (Å²) in [5, 5.41) is 8.64. The van der Waals surface area contributed by atoms with Crippen LogP contribution in [0.3, 0.4) is 0 Å². The molecule has 0 bridgehead atoms. The minimum Gasteiger partial charge on any atom is -0.286 e. The van der Waals surface area contributed by atoms with Crippen LogP contribution in [0, 0.1) is 16.7 Å². The molecule has 1 heterocycles. The minimum atomic E-state index is -3.02. The molecule has 0 N–H and O–H groups in total. The monoisotopic (exact) mass is 290 g/mol. The average molecular weight is 290 g/mol. The zero-order valence-electron chi connectivity index (χ0n) is 11.3. The van der Waals surface area contributed by atoms with Crippen LogP contribution in [0.25, 0.3) is 0 Å². The van der Waals surface area contributed by atoms with Crippen LogP contribution in [0.4, 0.5) is 0 Å². The van der Waals surface area contributed by atoms with Crippen molar-refractivity contribution >= 4 is 21.6 Å². The highest BCUT2D eigenvalue weighted by Gasteiger charge is 2.33. The molecular formula is C12H22N2O2S2. The third kappa shape index (κ3) is 4.15. The predicted molar refractivity (Wildman–Crippen MR) is 76.2 cm³/mol. The van der Waals surface area contributed by atoms with E-state index in [4.69, 9.17) is 5.26 Å². The number of sulfone groups is 1. The van der Waals surface area contributed by atoms with Crippen molar-refractivity contribution in [2.75, 3.05) is 30.3 Å². The van der Waals surface area contributed by atoms with Crippen molar-refractivity contribution in [2.24, 2.45) is 5.41 Å². The Hall–Kier alpha value is -0.250. The Morgan fingerprint density at radius 1 is 1.50 bits per heavy atom. The molecule has 1 aliphatic rings. The lowest BCUT2D eigenvalue weighted by Gasteiger charge is -2.35. The van der Waals surface area contributed by atoms with Gasteiger partial charge in [-0.3, -0.25) is 4.90 Å². The molecule has 0 radical (unpaired) electrons. The van der Waals surface area contributed by atoms with Crippen LogP contribution in [0.1, 0.15) is 27.2 Å². The lowest BCUT2D eigenvalue weighted by Crippen LogP contribution is -2.48. The zero-order valence-corrected chi connectivity index (χ0v) is 13.0. The maximum absolute atomic E-state index is 12.0. The van der Waals surface area contributed by atoms with Gasteiger partial charge < -0.3 is 0 Å². The first kappa shape index (κ1) is 15.8. The average Bonchev–Trinajstić information content (AvgIpc) is 2.37. The van der Waals surface area contributed by atoms with Gasteiger partial charge in [0.05, 0.1) is 11.5 Å². The second-order valence-electron chi connectivity index (χ2n) is 5.26. The van der Waals surface area contributed by atoms with E-state index >= 15 is 0 Å². The van der Waals surface area contributed by atoms with E-state index < -0.39 is 9.84 Å². The van der Waals surface area contributed by atoms with Crippen molar-refractivity contribution in [3.05, 3.63) is 0 Å². The van der Waals surface area contributed by atoms with Crippen molar-refractivity contribution in [2.45, 2.75) is 32.6 Å². The van der Waals surface area contributed by atoms with Crippen molar-refractivity contribution in [3.8, 4) is 6.07 Å². The molecule has 1 aliphatic heterocycles. The lowest BCUT2D eigenvalue weighted by atomic mass is 9.91. The molecule has 0 amide bonds. The summed E-state index contributed by atoms with van der Waals surface area (Å²) in [4.78, 5) is 2.04. The van der Waals surface area contributed by atoms with E-state index in [1.165, 1.54) is 0 Å². The Morgan fingerprint density at radius 2 is 2.17 bits per heavy atom. The van der Waals surface area contributed by atoms with E-state index in [2.05, 4.69) is 6.07 Å². The standard InChI is InChI=1S/C12H22N2O2S2/c1-4-18(15,16)11-9-17-8-7-14(11)6-5-12(2,3)10-13/h11H,4-9H2,1-3H3. The third-order valence-corrected chi connectivity index (χ3v) is 6.67. The summed E-state index contributed by atoms with van der Waals surface area (Å²) in [6, 6.07) is 2.27. The first-order chi connectivity index (χ1) is 8.32. The summed E-state index contributed by atoms with van der Waals surface area (Å²) in [6.07, 6.45) is 0.712. The number of nitriles is 1. The van der Waals surface area contributed by atoms with Gasteiger partial charge >= 0.3 is 0 Å². The molecule has 0 spiro atoms. The highest BCUT2D eigenvalue weighted by molar-refractivity contribution is 8.01. The summed E-state index contributed by atoms with van der Waals surface area (Å²) >= 11 is 1.70. The molecule has 0 aromatic carbocycles. The maximum Gasteiger partial charge on any atom is 0.166 e. The molecule has 1 rings (SSSR count). The van der Waals surface area contributed by atoms with E-state index in [-0.39, 0.29) is 16.5 Å². The summed E-state index contributed by atoms with van der Waals surface area (Å²) < 4.78 is 24.1. The van der Waals surface area contributed by atoms with Crippen LogP contribution < -0.4 is 0 Å². The molecule has 18 heavy (non-hydrogen) atoms. The van der Waals surface area contributed by atoms with E-state index in [0.29, 0.717) is 18.7 Å². The first-order valence-electron chi connectivity index (χ1n) is 6.27. The number of nitrogens with zero attached hydrogens (tertiary/aromatic N) is 2. The molecule has 4 nitrogen and oxygen atoms in total. The van der Waals surface area contributed by atoms with Gasteiger partial charge in [-0.05, 0) is 20.3 Å². The molecule has 104 valence electrons. The second kappa shape index (κ2) is 6.27. The fourth-order valence-corrected chi connectivity index (χ4v) is 4.98. The van der Waals surface area contributed by atoms with Crippen molar-refractivity contribution in [1.82, 2.24) is 4.90 Å². The van der Waals surface area contributed by atoms with Crippen LogP contribution in [-0.2, 0) is 9.84 Å². The number of hydrogen-bond acceptors (Lipinski definition) is 5. The number of rotatable bonds is 5. The minimum absolute atomic E-state index is 0.191. The molecule has 1 unspecified atom stereocenters. The Labute approximate surface area is 115 Å². The Morgan fingerprint density at radius 3 is 2.72 bits per heavy atom. The zero-order chi connectivity index (χ0) is 13.8. The summed E-state index contributed by atoms with van der Waals surface area (Å²) in [6.45, 7) is 6.98. The Kier molecular flexibility index (Phi) is 5.50. The van der Waals surface area contributed by atoms with E-state index in [9.17, 15) is 8.42 Å². The van der Waals surface area contributed by atoms with E-state index in [1.54, 1.807) is 18.7 Å². The molecule has 0 aliphatic carbocycles. The normalized spacial score (nSPS) is 22.7. The molecule has 0 aromatic heterocycles. The van der Waals surface area contributed by atoms with Crippen LogP contribution in [0.2, 0.25) is 0 Å². The van der Waals surface area contributed by atoms with Gasteiger partial charge in [-0.1, -0.05) is 6.92 Å². The predicted octanol–water partition coefficient (Wildman–Crippen LogP) is 1.74. The Balaban J connectivity index is 2.70. The van der Waals surface area contributed by atoms with Gasteiger partial charge in [0.2, 0.25) is 0 Å². The molecule has 6 heteroatoms. The second-order valence-corrected chi connectivity index (χ2v) is 8.86. The highest BCUT2D eigenvalue weighted by Crippen LogP contribution is 2.25. The van der Waals surface area contributed by atoms with Crippen molar-refractivity contribution < 1.29 is 8.42 Å². The van der Waals surface area contributed by atoms with Crippen LogP contribution in [0.5, 0.6) is 0 Å². The van der Waals surface area contributed by atoms with Crippen molar-refractivity contribution in [1.29, 1.82) is 5.26 Å². The number of hydrogen-bond donors (Lipinski definition) is 0. The van der Waals surface area contributed by atoms with Gasteiger partial charge in [-0.15, -0.1) is 0 Å². The largest absolute Gasteiger partial charge is 0.286 e. The van der Waals surface area contributed by atoms with Gasteiger partial charge in [-0.2, -0.15) is 17.0 Å². The van der Waals surface area contributed by atoms with Crippen LogP contribution >= 0.6 is 11.8 Å². The SMILES string of the molecule is CCS(=O)(=O)C1CSCCN1CCC(C)(C)C#N. The maximum atomic E-state index is 12.0. The highest BCUT2D eigenvalue weighted by atomic mass is 32.2. The molecule has 0 aromatic rings. The van der Waals surface area contributed by atoms with Crippen LogP contribution in [-0.4, -0.2) is 49.0 Å². The Bertz CT molecular complexity index is 412. The molecule has 0 saturated carbocycles. The smallest absolute Gasteiger partial charge is 0.166 e. The molecule has 1 atom stereocenters. The quantitative estimate of drug-likeness (QED) is 0.772. The summed E-state index contributed by atoms with van der Waals surface area (Å²) in [5.41, 5.74) is -0.384. The fourth-order valence-electron chi connectivity index (χ4n) is 1.87. The molecule has 1 saturated heterocycles. The summed E-state index contributed by atoms with van der Waals surface area (Å²) in [7, 11) is -3.02. The van der Waals surface area contributed by atoms with Crippen molar-refractivity contribution in [3.63, 3.8) is 0 Å². The fraction of sp³-hybridized carbons (Fsp3) is 0.917. The lowest BCUT2D eigenvalue weighted by molar-refractivity contribution is 0.238. The van der Waals surface area contributed by atoms with Crippen LogP contribution in [0.15, 0.2) is 0 Å². The van der Waals surface area contributed by atoms with E-state index in [1.807, 2.05) is 18.7 Å². The number of thioether (sulfide) groups is 1. The van der Waals surface area contributed by atoms with Gasteiger partial charge in [0, 0.05) is 30.3 Å². The molecule has 1 fully saturated rings. The topological polar surface area (TPSA) is 61.2 Å². The summed E-state index contributed by atoms with van der Waals surface area (Å²) in [5.74, 6) is 1.82. The molecular weight excluding hydrogens is 268 g/mol. The third-order valence-electron chi connectivity index (χ3n) is 3.33. The van der Waals surface area contributed by atoms with Gasteiger partial charge in [0.1, 0.15) is 5.37 Å². The first-order valence-corrected chi connectivity index (χ1v) is 9.14. The van der Waals surface area contributed by atoms with Gasteiger partial charge in [0.15, 0.2) is 9.84 Å². The van der Waals surface area contributed by atoms with E-state index in [0.717, 1.165) is 12.3 Å². The van der Waals surface area contributed by atoms with Gasteiger partial charge in [-0.25, -0.2) is 8.42 Å².